The van der Waals surface area contributed by atoms with Gasteiger partial charge in [-0.05, 0) is 35.9 Å². The van der Waals surface area contributed by atoms with Crippen molar-refractivity contribution in [1.29, 1.82) is 0 Å². The molecule has 0 aliphatic rings. The van der Waals surface area contributed by atoms with Crippen molar-refractivity contribution in [3.63, 3.8) is 0 Å². The van der Waals surface area contributed by atoms with Gasteiger partial charge in [-0.1, -0.05) is 28.1 Å². The minimum absolute atomic E-state index is 0.608. The molecule has 114 valence electrons. The minimum atomic E-state index is 0.608. The van der Waals surface area contributed by atoms with Gasteiger partial charge in [0.05, 0.1) is 25.4 Å². The number of pyridine rings is 1. The molecule has 2 heterocycles. The Hall–Kier alpha value is -2.47. The van der Waals surface area contributed by atoms with Crippen molar-refractivity contribution in [2.45, 2.75) is 6.54 Å². The second-order valence-corrected chi connectivity index (χ2v) is 6.15. The molecule has 2 aromatic heterocycles. The summed E-state index contributed by atoms with van der Waals surface area (Å²) in [6, 6.07) is 13.9. The number of hydrogen-bond donors (Lipinski definition) is 0. The molecule has 4 rings (SSSR count). The van der Waals surface area contributed by atoms with E-state index in [1.807, 2.05) is 42.5 Å². The third-order valence-corrected chi connectivity index (χ3v) is 4.20. The lowest BCUT2D eigenvalue weighted by Crippen LogP contribution is -2.03. The number of methoxy groups -OCH3 is 1. The number of fused-ring (bicyclic) bond motifs is 3. The molecule has 0 fully saturated rings. The number of ether oxygens (including phenoxy) is 1. The average molecular weight is 369 g/mol. The third kappa shape index (κ3) is 2.66. The molecule has 0 amide bonds. The van der Waals surface area contributed by atoms with Gasteiger partial charge in [0.15, 0.2) is 0 Å². The van der Waals surface area contributed by atoms with E-state index >= 15 is 0 Å². The molecule has 0 aliphatic heterocycles. The first-order chi connectivity index (χ1) is 11.2. The topological polar surface area (TPSA) is 52.8 Å². The monoisotopic (exact) mass is 368 g/mol. The summed E-state index contributed by atoms with van der Waals surface area (Å²) in [5.74, 6) is 0.841. The summed E-state index contributed by atoms with van der Waals surface area (Å²) in [6.07, 6.45) is 1.77. The summed E-state index contributed by atoms with van der Waals surface area (Å²) < 4.78 is 6.18. The van der Waals surface area contributed by atoms with E-state index in [9.17, 15) is 0 Å². The van der Waals surface area contributed by atoms with Gasteiger partial charge in [-0.25, -0.2) is 0 Å². The van der Waals surface area contributed by atoms with Crippen LogP contribution < -0.4 is 4.74 Å². The number of benzene rings is 2. The van der Waals surface area contributed by atoms with Crippen molar-refractivity contribution < 1.29 is 4.74 Å². The van der Waals surface area contributed by atoms with Crippen LogP contribution in [0.4, 0.5) is 0 Å². The standard InChI is InChI=1S/C17H13BrN4O/c1-23-13-5-2-11(3-6-13)10-22-20-16-9-19-15-8-12(18)4-7-14(15)17(16)21-22/h2-9H,10H2,1H3. The molecule has 0 spiro atoms. The zero-order valence-corrected chi connectivity index (χ0v) is 14.0. The molecule has 0 saturated carbocycles. The van der Waals surface area contributed by atoms with Gasteiger partial charge in [-0.3, -0.25) is 4.98 Å². The van der Waals surface area contributed by atoms with Crippen molar-refractivity contribution in [2.24, 2.45) is 0 Å². The smallest absolute Gasteiger partial charge is 0.132 e. The van der Waals surface area contributed by atoms with Crippen LogP contribution in [-0.2, 0) is 6.54 Å². The highest BCUT2D eigenvalue weighted by atomic mass is 79.9. The van der Waals surface area contributed by atoms with E-state index in [4.69, 9.17) is 4.74 Å². The molecule has 2 aromatic carbocycles. The second-order valence-electron chi connectivity index (χ2n) is 5.23. The highest BCUT2D eigenvalue weighted by Gasteiger charge is 2.09. The van der Waals surface area contributed by atoms with E-state index in [1.165, 1.54) is 0 Å². The number of nitrogens with zero attached hydrogens (tertiary/aromatic N) is 4. The summed E-state index contributed by atoms with van der Waals surface area (Å²) >= 11 is 3.47. The molecule has 4 aromatic rings. The van der Waals surface area contributed by atoms with E-state index in [0.717, 1.165) is 37.7 Å². The molecule has 0 bridgehead atoms. The van der Waals surface area contributed by atoms with Crippen molar-refractivity contribution in [3.05, 3.63) is 58.7 Å². The average Bonchev–Trinajstić information content (AvgIpc) is 2.98. The molecule has 0 unspecified atom stereocenters. The highest BCUT2D eigenvalue weighted by Crippen LogP contribution is 2.24. The predicted octanol–water partition coefficient (Wildman–Crippen LogP) is 3.80. The number of hydrogen-bond acceptors (Lipinski definition) is 4. The number of rotatable bonds is 3. The van der Waals surface area contributed by atoms with Crippen LogP contribution in [0.1, 0.15) is 5.56 Å². The molecule has 0 saturated heterocycles. The first kappa shape index (κ1) is 14.1. The Morgan fingerprint density at radius 1 is 1.04 bits per heavy atom. The maximum Gasteiger partial charge on any atom is 0.132 e. The van der Waals surface area contributed by atoms with Gasteiger partial charge >= 0.3 is 0 Å². The maximum atomic E-state index is 5.18. The summed E-state index contributed by atoms with van der Waals surface area (Å²) in [5, 5.41) is 10.2. The Labute approximate surface area is 141 Å². The van der Waals surface area contributed by atoms with Crippen LogP contribution in [0.2, 0.25) is 0 Å². The van der Waals surface area contributed by atoms with Crippen LogP contribution in [-0.4, -0.2) is 27.1 Å². The minimum Gasteiger partial charge on any atom is -0.497 e. The van der Waals surface area contributed by atoms with Crippen LogP contribution in [0, 0.1) is 0 Å². The Morgan fingerprint density at radius 2 is 1.87 bits per heavy atom. The van der Waals surface area contributed by atoms with Crippen LogP contribution in [0.5, 0.6) is 5.75 Å². The fraction of sp³-hybridized carbons (Fsp3) is 0.118. The fourth-order valence-electron chi connectivity index (χ4n) is 2.55. The molecule has 6 heteroatoms. The van der Waals surface area contributed by atoms with E-state index in [-0.39, 0.29) is 0 Å². The largest absolute Gasteiger partial charge is 0.497 e. The van der Waals surface area contributed by atoms with Gasteiger partial charge in [0.1, 0.15) is 16.8 Å². The van der Waals surface area contributed by atoms with Gasteiger partial charge in [0, 0.05) is 9.86 Å². The van der Waals surface area contributed by atoms with Crippen molar-refractivity contribution >= 4 is 37.9 Å². The molecule has 5 nitrogen and oxygen atoms in total. The van der Waals surface area contributed by atoms with Crippen LogP contribution in [0.15, 0.2) is 53.1 Å². The Kier molecular flexibility index (Phi) is 3.46. The van der Waals surface area contributed by atoms with Crippen molar-refractivity contribution in [3.8, 4) is 5.75 Å². The normalized spacial score (nSPS) is 11.2. The molecule has 0 radical (unpaired) electrons. The van der Waals surface area contributed by atoms with Gasteiger partial charge in [-0.15, -0.1) is 0 Å². The van der Waals surface area contributed by atoms with Gasteiger partial charge < -0.3 is 4.74 Å². The molecule has 0 atom stereocenters. The third-order valence-electron chi connectivity index (χ3n) is 3.71. The SMILES string of the molecule is COc1ccc(Cn2nc3cnc4cc(Br)ccc4c3n2)cc1. The summed E-state index contributed by atoms with van der Waals surface area (Å²) in [6.45, 7) is 0.608. The van der Waals surface area contributed by atoms with E-state index in [1.54, 1.807) is 18.1 Å². The second kappa shape index (κ2) is 5.62. The fourth-order valence-corrected chi connectivity index (χ4v) is 2.90. The lowest BCUT2D eigenvalue weighted by Gasteiger charge is -2.02. The Bertz CT molecular complexity index is 995. The predicted molar refractivity (Wildman–Crippen MR) is 92.6 cm³/mol. The number of aromatic nitrogens is 4. The van der Waals surface area contributed by atoms with Gasteiger partial charge in [-0.2, -0.15) is 15.0 Å². The summed E-state index contributed by atoms with van der Waals surface area (Å²) in [4.78, 5) is 6.15. The van der Waals surface area contributed by atoms with Gasteiger partial charge in [0.2, 0.25) is 0 Å². The lowest BCUT2D eigenvalue weighted by molar-refractivity contribution is 0.414. The lowest BCUT2D eigenvalue weighted by atomic mass is 10.2. The summed E-state index contributed by atoms with van der Waals surface area (Å²) in [5.41, 5.74) is 3.69. The van der Waals surface area contributed by atoms with E-state index in [2.05, 4.69) is 31.1 Å². The zero-order valence-electron chi connectivity index (χ0n) is 12.4. The molecule has 23 heavy (non-hydrogen) atoms. The molecular formula is C17H13BrN4O. The highest BCUT2D eigenvalue weighted by molar-refractivity contribution is 9.10. The Morgan fingerprint density at radius 3 is 2.65 bits per heavy atom. The molecule has 0 aliphatic carbocycles. The van der Waals surface area contributed by atoms with Gasteiger partial charge in [0.25, 0.3) is 0 Å². The first-order valence-electron chi connectivity index (χ1n) is 7.15. The quantitative estimate of drug-likeness (QED) is 0.551. The van der Waals surface area contributed by atoms with Crippen molar-refractivity contribution in [2.75, 3.05) is 7.11 Å². The number of halogens is 1. The molecule has 0 N–H and O–H groups in total. The molecular weight excluding hydrogens is 356 g/mol. The van der Waals surface area contributed by atoms with E-state index < -0.39 is 0 Å². The van der Waals surface area contributed by atoms with E-state index in [0.29, 0.717) is 6.54 Å². The van der Waals surface area contributed by atoms with Crippen LogP contribution in [0.3, 0.4) is 0 Å². The van der Waals surface area contributed by atoms with Crippen LogP contribution in [0.25, 0.3) is 21.9 Å². The zero-order chi connectivity index (χ0) is 15.8. The van der Waals surface area contributed by atoms with Crippen molar-refractivity contribution in [1.82, 2.24) is 20.0 Å². The Balaban J connectivity index is 1.74. The maximum absolute atomic E-state index is 5.18. The van der Waals surface area contributed by atoms with Crippen LogP contribution >= 0.6 is 15.9 Å². The summed E-state index contributed by atoms with van der Waals surface area (Å²) in [7, 11) is 1.66. The first-order valence-corrected chi connectivity index (χ1v) is 7.94.